The zero-order valence-corrected chi connectivity index (χ0v) is 11.1. The summed E-state index contributed by atoms with van der Waals surface area (Å²) in [5.41, 5.74) is 0.980. The molecule has 1 N–H and O–H groups in total. The molecule has 0 unspecified atom stereocenters. The monoisotopic (exact) mass is 237 g/mol. The fourth-order valence-corrected chi connectivity index (χ4v) is 2.46. The van der Waals surface area contributed by atoms with Gasteiger partial charge >= 0.3 is 0 Å². The van der Waals surface area contributed by atoms with Crippen molar-refractivity contribution in [1.82, 2.24) is 10.3 Å². The van der Waals surface area contributed by atoms with Crippen molar-refractivity contribution in [3.05, 3.63) is 12.0 Å². The molecule has 0 atom stereocenters. The van der Waals surface area contributed by atoms with Crippen LogP contribution in [0, 0.1) is 11.8 Å². The summed E-state index contributed by atoms with van der Waals surface area (Å²) in [5.74, 6) is 1.65. The summed E-state index contributed by atoms with van der Waals surface area (Å²) in [4.78, 5) is 6.75. The highest BCUT2D eigenvalue weighted by Crippen LogP contribution is 2.27. The van der Waals surface area contributed by atoms with E-state index in [2.05, 4.69) is 29.0 Å². The van der Waals surface area contributed by atoms with E-state index < -0.39 is 0 Å². The number of nitrogens with one attached hydrogen (secondary N) is 1. The number of anilines is 1. The molecule has 1 aliphatic rings. The molecule has 1 aromatic heterocycles. The maximum absolute atomic E-state index is 5.53. The lowest BCUT2D eigenvalue weighted by Crippen LogP contribution is -2.35. The van der Waals surface area contributed by atoms with E-state index in [1.807, 2.05) is 7.05 Å². The molecule has 17 heavy (non-hydrogen) atoms. The smallest absolute Gasteiger partial charge is 0.297 e. The van der Waals surface area contributed by atoms with Gasteiger partial charge in [-0.1, -0.05) is 13.8 Å². The van der Waals surface area contributed by atoms with Gasteiger partial charge in [-0.25, -0.2) is 0 Å². The van der Waals surface area contributed by atoms with Crippen LogP contribution in [-0.4, -0.2) is 25.1 Å². The third kappa shape index (κ3) is 3.00. The lowest BCUT2D eigenvalue weighted by atomic mass is 9.87. The van der Waals surface area contributed by atoms with Gasteiger partial charge in [0.1, 0.15) is 6.26 Å². The van der Waals surface area contributed by atoms with Crippen molar-refractivity contribution in [3.8, 4) is 0 Å². The lowest BCUT2D eigenvalue weighted by Gasteiger charge is -2.32. The van der Waals surface area contributed by atoms with Crippen LogP contribution < -0.4 is 10.2 Å². The first-order valence-corrected chi connectivity index (χ1v) is 6.54. The number of hydrogen-bond donors (Lipinski definition) is 1. The van der Waals surface area contributed by atoms with Gasteiger partial charge in [-0.15, -0.1) is 0 Å². The van der Waals surface area contributed by atoms with Crippen LogP contribution >= 0.6 is 0 Å². The van der Waals surface area contributed by atoms with Gasteiger partial charge in [0.25, 0.3) is 6.01 Å². The summed E-state index contributed by atoms with van der Waals surface area (Å²) < 4.78 is 5.53. The quantitative estimate of drug-likeness (QED) is 0.872. The molecular formula is C13H23N3O. The molecule has 1 fully saturated rings. The molecule has 0 aromatic carbocycles. The Balaban J connectivity index is 1.91. The van der Waals surface area contributed by atoms with Gasteiger partial charge in [0.2, 0.25) is 0 Å². The number of nitrogens with zero attached hydrogens (tertiary/aromatic N) is 2. The van der Waals surface area contributed by atoms with Crippen LogP contribution in [0.5, 0.6) is 0 Å². The summed E-state index contributed by atoms with van der Waals surface area (Å²) in [6, 6.07) is 0.789. The third-order valence-electron chi connectivity index (χ3n) is 3.65. The molecule has 0 radical (unpaired) electrons. The summed E-state index contributed by atoms with van der Waals surface area (Å²) >= 11 is 0. The molecule has 0 saturated carbocycles. The first-order valence-electron chi connectivity index (χ1n) is 6.54. The van der Waals surface area contributed by atoms with E-state index in [1.165, 1.54) is 12.8 Å². The number of aromatic nitrogens is 1. The number of rotatable bonds is 4. The molecule has 1 saturated heterocycles. The van der Waals surface area contributed by atoms with E-state index in [-0.39, 0.29) is 0 Å². The van der Waals surface area contributed by atoms with Crippen LogP contribution in [0.25, 0.3) is 0 Å². The molecule has 2 heterocycles. The topological polar surface area (TPSA) is 41.3 Å². The molecule has 4 nitrogen and oxygen atoms in total. The average Bonchev–Trinajstić information content (AvgIpc) is 2.78. The van der Waals surface area contributed by atoms with Gasteiger partial charge in [-0.2, -0.15) is 4.98 Å². The van der Waals surface area contributed by atoms with Crippen molar-refractivity contribution in [2.75, 3.05) is 25.0 Å². The standard InChI is InChI=1S/C13H23N3O/c1-10(2)11-4-6-16(7-5-11)13-15-12(8-14-3)9-17-13/h9-11,14H,4-8H2,1-3H3. The van der Waals surface area contributed by atoms with Crippen molar-refractivity contribution in [3.63, 3.8) is 0 Å². The Bertz CT molecular complexity index is 340. The summed E-state index contributed by atoms with van der Waals surface area (Å²) in [5, 5.41) is 3.08. The second-order valence-electron chi connectivity index (χ2n) is 5.22. The maximum atomic E-state index is 5.53. The number of piperidine rings is 1. The van der Waals surface area contributed by atoms with Crippen LogP contribution in [-0.2, 0) is 6.54 Å². The zero-order chi connectivity index (χ0) is 12.3. The van der Waals surface area contributed by atoms with Crippen LogP contribution in [0.1, 0.15) is 32.4 Å². The fourth-order valence-electron chi connectivity index (χ4n) is 2.46. The SMILES string of the molecule is CNCc1coc(N2CCC(C(C)C)CC2)n1. The third-order valence-corrected chi connectivity index (χ3v) is 3.65. The van der Waals surface area contributed by atoms with Crippen molar-refractivity contribution >= 4 is 6.01 Å². The predicted molar refractivity (Wildman–Crippen MR) is 69.0 cm³/mol. The van der Waals surface area contributed by atoms with Crippen LogP contribution in [0.15, 0.2) is 10.7 Å². The van der Waals surface area contributed by atoms with E-state index in [4.69, 9.17) is 4.42 Å². The summed E-state index contributed by atoms with van der Waals surface area (Å²) in [6.45, 7) is 7.55. The van der Waals surface area contributed by atoms with Crippen molar-refractivity contribution in [1.29, 1.82) is 0 Å². The molecule has 96 valence electrons. The molecule has 0 bridgehead atoms. The lowest BCUT2D eigenvalue weighted by molar-refractivity contribution is 0.304. The van der Waals surface area contributed by atoms with Crippen molar-refractivity contribution < 1.29 is 4.42 Å². The molecule has 0 amide bonds. The van der Waals surface area contributed by atoms with Crippen molar-refractivity contribution in [2.45, 2.75) is 33.2 Å². The Hall–Kier alpha value is -1.03. The maximum Gasteiger partial charge on any atom is 0.297 e. The minimum Gasteiger partial charge on any atom is -0.432 e. The van der Waals surface area contributed by atoms with Crippen molar-refractivity contribution in [2.24, 2.45) is 11.8 Å². The average molecular weight is 237 g/mol. The van der Waals surface area contributed by atoms with E-state index in [0.717, 1.165) is 43.2 Å². The Kier molecular flexibility index (Phi) is 4.05. The highest BCUT2D eigenvalue weighted by Gasteiger charge is 2.23. The Morgan fingerprint density at radius 2 is 2.18 bits per heavy atom. The number of hydrogen-bond acceptors (Lipinski definition) is 4. The van der Waals surface area contributed by atoms with Gasteiger partial charge in [0.05, 0.1) is 5.69 Å². The highest BCUT2D eigenvalue weighted by molar-refractivity contribution is 5.27. The zero-order valence-electron chi connectivity index (χ0n) is 11.1. The minimum absolute atomic E-state index is 0.770. The normalized spacial score (nSPS) is 18.0. The molecule has 4 heteroatoms. The molecule has 1 aromatic rings. The van der Waals surface area contributed by atoms with Gasteiger partial charge in [-0.05, 0) is 31.7 Å². The Morgan fingerprint density at radius 3 is 2.76 bits per heavy atom. The predicted octanol–water partition coefficient (Wildman–Crippen LogP) is 2.27. The Labute approximate surface area is 103 Å². The van der Waals surface area contributed by atoms with E-state index >= 15 is 0 Å². The van der Waals surface area contributed by atoms with E-state index in [9.17, 15) is 0 Å². The molecular weight excluding hydrogens is 214 g/mol. The van der Waals surface area contributed by atoms with Gasteiger partial charge in [0, 0.05) is 19.6 Å². The highest BCUT2D eigenvalue weighted by atomic mass is 16.4. The second-order valence-corrected chi connectivity index (χ2v) is 5.22. The number of oxazole rings is 1. The van der Waals surface area contributed by atoms with Gasteiger partial charge in [0.15, 0.2) is 0 Å². The second kappa shape index (κ2) is 5.54. The van der Waals surface area contributed by atoms with Gasteiger partial charge < -0.3 is 14.6 Å². The first-order chi connectivity index (χ1) is 8.20. The van der Waals surface area contributed by atoms with Gasteiger partial charge in [-0.3, -0.25) is 0 Å². The molecule has 0 spiro atoms. The van der Waals surface area contributed by atoms with E-state index in [1.54, 1.807) is 6.26 Å². The molecule has 1 aliphatic heterocycles. The first kappa shape index (κ1) is 12.4. The minimum atomic E-state index is 0.770. The van der Waals surface area contributed by atoms with Crippen LogP contribution in [0.4, 0.5) is 6.01 Å². The summed E-state index contributed by atoms with van der Waals surface area (Å²) in [7, 11) is 1.92. The largest absolute Gasteiger partial charge is 0.432 e. The van der Waals surface area contributed by atoms with E-state index in [0.29, 0.717) is 0 Å². The molecule has 0 aliphatic carbocycles. The van der Waals surface area contributed by atoms with Crippen LogP contribution in [0.2, 0.25) is 0 Å². The van der Waals surface area contributed by atoms with Crippen LogP contribution in [0.3, 0.4) is 0 Å². The molecule has 2 rings (SSSR count). The fraction of sp³-hybridized carbons (Fsp3) is 0.769. The Morgan fingerprint density at radius 1 is 1.47 bits per heavy atom. The summed E-state index contributed by atoms with van der Waals surface area (Å²) in [6.07, 6.45) is 4.25.